The van der Waals surface area contributed by atoms with Crippen LogP contribution in [0.1, 0.15) is 21.5 Å². The fourth-order valence-electron chi connectivity index (χ4n) is 3.39. The third kappa shape index (κ3) is 5.46. The smallest absolute Gasteiger partial charge is 0.264 e. The summed E-state index contributed by atoms with van der Waals surface area (Å²) in [4.78, 5) is 13.1. The molecule has 3 rings (SSSR count). The second-order valence-corrected chi connectivity index (χ2v) is 9.47. The molecular weight excluding hydrogens is 440 g/mol. The van der Waals surface area contributed by atoms with Crippen LogP contribution in [0.3, 0.4) is 0 Å². The summed E-state index contributed by atoms with van der Waals surface area (Å²) in [7, 11) is 0.780. The number of carbonyl (C=O) groups is 1. The van der Waals surface area contributed by atoms with E-state index in [9.17, 15) is 13.2 Å². The van der Waals surface area contributed by atoms with Crippen molar-refractivity contribution in [3.05, 3.63) is 83.4 Å². The first-order valence-corrected chi connectivity index (χ1v) is 11.9. The summed E-state index contributed by atoms with van der Waals surface area (Å²) in [5, 5.41) is 2.87. The number of anilines is 1. The Morgan fingerprint density at radius 3 is 2.27 bits per heavy atom. The van der Waals surface area contributed by atoms with E-state index in [0.717, 1.165) is 15.4 Å². The average Bonchev–Trinajstić information content (AvgIpc) is 2.83. The molecule has 0 spiro atoms. The Kier molecular flexibility index (Phi) is 7.60. The fraction of sp³-hybridized carbons (Fsp3) is 0.240. The van der Waals surface area contributed by atoms with Crippen molar-refractivity contribution in [1.29, 1.82) is 0 Å². The van der Waals surface area contributed by atoms with Crippen molar-refractivity contribution in [3.63, 3.8) is 0 Å². The molecule has 0 unspecified atom stereocenters. The third-order valence-electron chi connectivity index (χ3n) is 5.31. The van der Waals surface area contributed by atoms with Gasteiger partial charge in [-0.2, -0.15) is 0 Å². The van der Waals surface area contributed by atoms with Crippen LogP contribution in [0.25, 0.3) is 0 Å². The average molecular weight is 469 g/mol. The molecule has 33 heavy (non-hydrogen) atoms. The first-order valence-electron chi connectivity index (χ1n) is 10.4. The second kappa shape index (κ2) is 10.4. The highest BCUT2D eigenvalue weighted by atomic mass is 32.2. The van der Waals surface area contributed by atoms with Crippen molar-refractivity contribution in [2.24, 2.45) is 0 Å². The maximum absolute atomic E-state index is 13.1. The van der Waals surface area contributed by atoms with Crippen LogP contribution in [0, 0.1) is 6.92 Å². The van der Waals surface area contributed by atoms with Gasteiger partial charge >= 0.3 is 0 Å². The van der Waals surface area contributed by atoms with Gasteiger partial charge in [-0.15, -0.1) is 0 Å². The normalized spacial score (nSPS) is 11.0. The molecule has 0 aliphatic heterocycles. The largest absolute Gasteiger partial charge is 0.493 e. The van der Waals surface area contributed by atoms with Gasteiger partial charge in [0.25, 0.3) is 15.9 Å². The zero-order chi connectivity index (χ0) is 24.0. The molecule has 0 heterocycles. The van der Waals surface area contributed by atoms with Crippen LogP contribution in [0.15, 0.2) is 71.6 Å². The van der Waals surface area contributed by atoms with Crippen molar-refractivity contribution in [2.75, 3.05) is 32.1 Å². The van der Waals surface area contributed by atoms with E-state index in [1.165, 1.54) is 7.05 Å². The number of benzene rings is 3. The van der Waals surface area contributed by atoms with E-state index in [1.54, 1.807) is 62.8 Å². The number of nitrogens with one attached hydrogen (secondary N) is 1. The van der Waals surface area contributed by atoms with Gasteiger partial charge in [-0.25, -0.2) is 8.42 Å². The van der Waals surface area contributed by atoms with Gasteiger partial charge < -0.3 is 14.8 Å². The number of rotatable bonds is 9. The van der Waals surface area contributed by atoms with Crippen LogP contribution in [0.2, 0.25) is 0 Å². The lowest BCUT2D eigenvalue weighted by atomic mass is 10.1. The number of methoxy groups -OCH3 is 2. The quantitative estimate of drug-likeness (QED) is 0.516. The first kappa shape index (κ1) is 24.1. The molecule has 0 aromatic heterocycles. The molecule has 0 saturated carbocycles. The van der Waals surface area contributed by atoms with E-state index in [2.05, 4.69) is 5.32 Å². The van der Waals surface area contributed by atoms with Crippen molar-refractivity contribution in [1.82, 2.24) is 5.32 Å². The number of para-hydroxylation sites is 1. The minimum absolute atomic E-state index is 0.166. The number of sulfonamides is 1. The van der Waals surface area contributed by atoms with Crippen LogP contribution >= 0.6 is 0 Å². The number of hydrogen-bond acceptors (Lipinski definition) is 5. The zero-order valence-corrected chi connectivity index (χ0v) is 20.0. The Morgan fingerprint density at radius 2 is 1.61 bits per heavy atom. The summed E-state index contributed by atoms with van der Waals surface area (Å²) in [6, 6.07) is 18.8. The lowest BCUT2D eigenvalue weighted by Gasteiger charge is -2.22. The van der Waals surface area contributed by atoms with Gasteiger partial charge in [0.05, 0.1) is 30.4 Å². The highest BCUT2D eigenvalue weighted by molar-refractivity contribution is 7.92. The summed E-state index contributed by atoms with van der Waals surface area (Å²) >= 11 is 0. The molecule has 1 amide bonds. The molecule has 0 bridgehead atoms. The van der Waals surface area contributed by atoms with Gasteiger partial charge in [0, 0.05) is 13.6 Å². The standard InChI is InChI=1S/C25H28N2O5S/c1-18-9-12-20(13-10-18)33(29,30)27(2)22-8-6-5-7-21(22)25(28)26-16-15-19-11-14-23(31-3)24(17-19)32-4/h5-14,17H,15-16H2,1-4H3,(H,26,28). The van der Waals surface area contributed by atoms with E-state index < -0.39 is 10.0 Å². The van der Waals surface area contributed by atoms with Crippen molar-refractivity contribution >= 4 is 21.6 Å². The van der Waals surface area contributed by atoms with Gasteiger partial charge in [-0.1, -0.05) is 35.9 Å². The number of amides is 1. The fourth-order valence-corrected chi connectivity index (χ4v) is 4.60. The number of ether oxygens (including phenoxy) is 2. The lowest BCUT2D eigenvalue weighted by Crippen LogP contribution is -2.31. The number of carbonyl (C=O) groups excluding carboxylic acids is 1. The van der Waals surface area contributed by atoms with Crippen LogP contribution in [0.5, 0.6) is 11.5 Å². The van der Waals surface area contributed by atoms with E-state index in [4.69, 9.17) is 9.47 Å². The van der Waals surface area contributed by atoms with Crippen LogP contribution in [-0.2, 0) is 16.4 Å². The minimum Gasteiger partial charge on any atom is -0.493 e. The van der Waals surface area contributed by atoms with Gasteiger partial charge in [-0.3, -0.25) is 9.10 Å². The number of nitrogens with zero attached hydrogens (tertiary/aromatic N) is 1. The molecule has 3 aromatic rings. The maximum Gasteiger partial charge on any atom is 0.264 e. The zero-order valence-electron chi connectivity index (χ0n) is 19.2. The molecule has 0 aliphatic rings. The van der Waals surface area contributed by atoms with E-state index in [-0.39, 0.29) is 16.4 Å². The molecule has 0 atom stereocenters. The SMILES string of the molecule is COc1ccc(CCNC(=O)c2ccccc2N(C)S(=O)(=O)c2ccc(C)cc2)cc1OC. The van der Waals surface area contributed by atoms with Gasteiger partial charge in [0.15, 0.2) is 11.5 Å². The van der Waals surface area contributed by atoms with E-state index >= 15 is 0 Å². The molecule has 7 nitrogen and oxygen atoms in total. The highest BCUT2D eigenvalue weighted by Gasteiger charge is 2.24. The number of hydrogen-bond donors (Lipinski definition) is 1. The monoisotopic (exact) mass is 468 g/mol. The topological polar surface area (TPSA) is 84.9 Å². The number of aryl methyl sites for hydroxylation is 1. The molecule has 174 valence electrons. The Hall–Kier alpha value is -3.52. The predicted molar refractivity (Wildman–Crippen MR) is 129 cm³/mol. The molecule has 0 aliphatic carbocycles. The van der Waals surface area contributed by atoms with Crippen molar-refractivity contribution in [2.45, 2.75) is 18.2 Å². The van der Waals surface area contributed by atoms with E-state index in [0.29, 0.717) is 30.2 Å². The van der Waals surface area contributed by atoms with Crippen LogP contribution in [0.4, 0.5) is 5.69 Å². The molecule has 0 fully saturated rings. The first-order chi connectivity index (χ1) is 15.8. The van der Waals surface area contributed by atoms with Crippen molar-refractivity contribution in [3.8, 4) is 11.5 Å². The molecule has 0 radical (unpaired) electrons. The summed E-state index contributed by atoms with van der Waals surface area (Å²) in [5.74, 6) is 0.906. The summed E-state index contributed by atoms with van der Waals surface area (Å²) in [6.45, 7) is 2.26. The second-order valence-electron chi connectivity index (χ2n) is 7.50. The van der Waals surface area contributed by atoms with E-state index in [1.807, 2.05) is 25.1 Å². The summed E-state index contributed by atoms with van der Waals surface area (Å²) < 4.78 is 37.9. The molecule has 0 saturated heterocycles. The molecule has 8 heteroatoms. The third-order valence-corrected chi connectivity index (χ3v) is 7.10. The highest BCUT2D eigenvalue weighted by Crippen LogP contribution is 2.28. The van der Waals surface area contributed by atoms with Gasteiger partial charge in [0.1, 0.15) is 0 Å². The van der Waals surface area contributed by atoms with Gasteiger partial charge in [-0.05, 0) is 55.3 Å². The Balaban J connectivity index is 1.74. The van der Waals surface area contributed by atoms with Crippen LogP contribution in [-0.4, -0.2) is 42.1 Å². The Morgan fingerprint density at radius 1 is 0.939 bits per heavy atom. The van der Waals surface area contributed by atoms with Crippen LogP contribution < -0.4 is 19.1 Å². The molecular formula is C25H28N2O5S. The lowest BCUT2D eigenvalue weighted by molar-refractivity contribution is 0.0955. The molecule has 1 N–H and O–H groups in total. The molecule has 3 aromatic carbocycles. The minimum atomic E-state index is -3.82. The summed E-state index contributed by atoms with van der Waals surface area (Å²) in [5.41, 5.74) is 2.52. The predicted octanol–water partition coefficient (Wildman–Crippen LogP) is 3.81. The van der Waals surface area contributed by atoms with Gasteiger partial charge in [0.2, 0.25) is 0 Å². The van der Waals surface area contributed by atoms with Crippen molar-refractivity contribution < 1.29 is 22.7 Å². The summed E-state index contributed by atoms with van der Waals surface area (Å²) in [6.07, 6.45) is 0.575. The Bertz CT molecular complexity index is 1220. The Labute approximate surface area is 195 Å². The maximum atomic E-state index is 13.1.